The Balaban J connectivity index is 1.40. The molecule has 0 unspecified atom stereocenters. The molecule has 2 heterocycles. The molecule has 1 amide bonds. The number of carbonyl (C=O) groups excluding carboxylic acids is 1. The molecule has 1 aromatic heterocycles. The van der Waals surface area contributed by atoms with Crippen LogP contribution in [0.25, 0.3) is 11.1 Å². The first-order chi connectivity index (χ1) is 13.1. The summed E-state index contributed by atoms with van der Waals surface area (Å²) < 4.78 is 14.7. The third-order valence-electron chi connectivity index (χ3n) is 6.13. The van der Waals surface area contributed by atoms with Gasteiger partial charge in [-0.05, 0) is 48.8 Å². The van der Waals surface area contributed by atoms with Crippen LogP contribution in [0.1, 0.15) is 50.0 Å². The molecule has 2 aliphatic rings. The van der Waals surface area contributed by atoms with Crippen molar-refractivity contribution in [1.29, 1.82) is 0 Å². The maximum atomic E-state index is 14.7. The second kappa shape index (κ2) is 7.80. The van der Waals surface area contributed by atoms with Crippen molar-refractivity contribution in [3.05, 3.63) is 42.0 Å². The highest BCUT2D eigenvalue weighted by atomic mass is 19.1. The van der Waals surface area contributed by atoms with E-state index >= 15 is 0 Å². The Morgan fingerprint density at radius 2 is 1.93 bits per heavy atom. The van der Waals surface area contributed by atoms with Crippen molar-refractivity contribution in [1.82, 2.24) is 15.1 Å². The molecule has 1 aliphatic heterocycles. The van der Waals surface area contributed by atoms with Crippen LogP contribution < -0.4 is 0 Å². The van der Waals surface area contributed by atoms with Crippen molar-refractivity contribution in [3.8, 4) is 11.1 Å². The van der Waals surface area contributed by atoms with Gasteiger partial charge in [-0.1, -0.05) is 25.0 Å². The zero-order valence-corrected chi connectivity index (χ0v) is 15.4. The number of nitrogens with zero attached hydrogens (tertiary/aromatic N) is 2. The minimum Gasteiger partial charge on any atom is -0.392 e. The monoisotopic (exact) mass is 371 g/mol. The van der Waals surface area contributed by atoms with Crippen LogP contribution in [0.5, 0.6) is 0 Å². The molecule has 1 aliphatic carbocycles. The average Bonchev–Trinajstić information content (AvgIpc) is 3.23. The van der Waals surface area contributed by atoms with E-state index in [0.717, 1.165) is 55.2 Å². The number of hydrogen-bond donors (Lipinski definition) is 2. The molecule has 1 aromatic carbocycles. The second-order valence-electron chi connectivity index (χ2n) is 7.78. The Hall–Kier alpha value is -2.21. The maximum Gasteiger partial charge on any atom is 0.228 e. The Labute approximate surface area is 158 Å². The van der Waals surface area contributed by atoms with Gasteiger partial charge in [-0.25, -0.2) is 4.39 Å². The summed E-state index contributed by atoms with van der Waals surface area (Å²) in [4.78, 5) is 14.6. The number of hydrogen-bond acceptors (Lipinski definition) is 3. The predicted octanol–water partition coefficient (Wildman–Crippen LogP) is 3.47. The summed E-state index contributed by atoms with van der Waals surface area (Å²) in [6, 6.07) is 5.36. The van der Waals surface area contributed by atoms with Gasteiger partial charge in [0.1, 0.15) is 5.82 Å². The fourth-order valence-corrected chi connectivity index (χ4v) is 4.49. The molecule has 0 spiro atoms. The van der Waals surface area contributed by atoms with E-state index in [1.54, 1.807) is 18.5 Å². The first kappa shape index (κ1) is 18.2. The van der Waals surface area contributed by atoms with E-state index in [2.05, 4.69) is 10.2 Å². The van der Waals surface area contributed by atoms with Crippen molar-refractivity contribution in [2.45, 2.75) is 50.5 Å². The van der Waals surface area contributed by atoms with E-state index in [1.807, 2.05) is 17.0 Å². The van der Waals surface area contributed by atoms with Gasteiger partial charge >= 0.3 is 0 Å². The lowest BCUT2D eigenvalue weighted by molar-refractivity contribution is -0.142. The van der Waals surface area contributed by atoms with Crippen molar-refractivity contribution < 1.29 is 14.3 Å². The zero-order chi connectivity index (χ0) is 18.8. The summed E-state index contributed by atoms with van der Waals surface area (Å²) in [6.45, 7) is 1.27. The van der Waals surface area contributed by atoms with E-state index in [-0.39, 0.29) is 23.6 Å². The van der Waals surface area contributed by atoms with Gasteiger partial charge in [0.05, 0.1) is 18.2 Å². The summed E-state index contributed by atoms with van der Waals surface area (Å²) >= 11 is 0. The van der Waals surface area contributed by atoms with Crippen molar-refractivity contribution in [2.24, 2.45) is 5.92 Å². The molecule has 6 heteroatoms. The molecule has 4 rings (SSSR count). The van der Waals surface area contributed by atoms with Gasteiger partial charge in [0.15, 0.2) is 0 Å². The van der Waals surface area contributed by atoms with Gasteiger partial charge < -0.3 is 10.0 Å². The summed E-state index contributed by atoms with van der Waals surface area (Å²) in [5.41, 5.74) is 2.41. The van der Waals surface area contributed by atoms with E-state index in [0.29, 0.717) is 13.1 Å². The van der Waals surface area contributed by atoms with E-state index in [1.165, 1.54) is 0 Å². The molecular formula is C21H26FN3O2. The van der Waals surface area contributed by atoms with Gasteiger partial charge in [0.2, 0.25) is 5.91 Å². The van der Waals surface area contributed by atoms with Crippen LogP contribution in [-0.4, -0.2) is 45.3 Å². The number of piperidine rings is 1. The molecule has 144 valence electrons. The Morgan fingerprint density at radius 3 is 2.59 bits per heavy atom. The molecule has 27 heavy (non-hydrogen) atoms. The number of aromatic amines is 1. The number of nitrogens with one attached hydrogen (secondary N) is 1. The minimum atomic E-state index is -0.503. The number of halogens is 1. The topological polar surface area (TPSA) is 69.2 Å². The van der Waals surface area contributed by atoms with E-state index in [4.69, 9.17) is 0 Å². The molecule has 5 nitrogen and oxygen atoms in total. The van der Waals surface area contributed by atoms with Crippen LogP contribution in [0.3, 0.4) is 0 Å². The highest BCUT2D eigenvalue weighted by Gasteiger charge is 2.34. The molecule has 2 fully saturated rings. The van der Waals surface area contributed by atoms with E-state index in [9.17, 15) is 14.3 Å². The van der Waals surface area contributed by atoms with Crippen molar-refractivity contribution in [2.75, 3.05) is 13.1 Å². The molecule has 0 radical (unpaired) electrons. The number of benzene rings is 1. The van der Waals surface area contributed by atoms with Gasteiger partial charge in [-0.3, -0.25) is 9.89 Å². The summed E-state index contributed by atoms with van der Waals surface area (Å²) in [6.07, 6.45) is 7.96. The number of carbonyl (C=O) groups is 1. The third-order valence-corrected chi connectivity index (χ3v) is 6.13. The summed E-state index contributed by atoms with van der Waals surface area (Å²) in [5, 5.41) is 16.8. The summed E-state index contributed by atoms with van der Waals surface area (Å²) in [7, 11) is 0. The lowest BCUT2D eigenvalue weighted by Gasteiger charge is -2.37. The number of H-pyrrole nitrogens is 1. The minimum absolute atomic E-state index is 0.0800. The van der Waals surface area contributed by atoms with Crippen LogP contribution in [0.15, 0.2) is 30.6 Å². The number of rotatable bonds is 3. The maximum absolute atomic E-state index is 14.7. The van der Waals surface area contributed by atoms with Gasteiger partial charge in [-0.2, -0.15) is 5.10 Å². The normalized spacial score (nSPS) is 24.1. The molecule has 0 bridgehead atoms. The number of aromatic nitrogens is 2. The lowest BCUT2D eigenvalue weighted by Crippen LogP contribution is -2.45. The van der Waals surface area contributed by atoms with Crippen LogP contribution in [0.4, 0.5) is 4.39 Å². The molecule has 2 N–H and O–H groups in total. The summed E-state index contributed by atoms with van der Waals surface area (Å²) in [5.74, 6) is -0.234. The third kappa shape index (κ3) is 3.76. The van der Waals surface area contributed by atoms with Crippen LogP contribution in [0.2, 0.25) is 0 Å². The fraction of sp³-hybridized carbons (Fsp3) is 0.524. The number of aliphatic hydroxyl groups is 1. The SMILES string of the molecule is O=C([C@H]1CCCC[C@H]1O)N1CCC(c2ccc(-c3cn[nH]c3)cc2F)CC1. The largest absolute Gasteiger partial charge is 0.392 e. The molecule has 2 atom stereocenters. The molecular weight excluding hydrogens is 345 g/mol. The second-order valence-corrected chi connectivity index (χ2v) is 7.78. The lowest BCUT2D eigenvalue weighted by atomic mass is 9.84. The smallest absolute Gasteiger partial charge is 0.228 e. The quantitative estimate of drug-likeness (QED) is 0.868. The van der Waals surface area contributed by atoms with Crippen LogP contribution >= 0.6 is 0 Å². The van der Waals surface area contributed by atoms with E-state index < -0.39 is 6.10 Å². The predicted molar refractivity (Wildman–Crippen MR) is 101 cm³/mol. The average molecular weight is 371 g/mol. The number of amides is 1. The first-order valence-corrected chi connectivity index (χ1v) is 9.89. The Kier molecular flexibility index (Phi) is 5.25. The molecule has 1 saturated heterocycles. The Morgan fingerprint density at radius 1 is 1.15 bits per heavy atom. The number of aliphatic hydroxyl groups excluding tert-OH is 1. The van der Waals surface area contributed by atoms with Gasteiger partial charge in [-0.15, -0.1) is 0 Å². The zero-order valence-electron chi connectivity index (χ0n) is 15.4. The standard InChI is InChI=1S/C21H26FN3O2/c22-19-11-15(16-12-23-24-13-16)5-6-17(19)14-7-9-25(10-8-14)21(27)18-3-1-2-4-20(18)26/h5-6,11-14,18,20,26H,1-4,7-10H2,(H,23,24)/t18-,20+/m0/s1. The highest BCUT2D eigenvalue weighted by molar-refractivity contribution is 5.79. The Bertz CT molecular complexity index is 785. The van der Waals surface area contributed by atoms with Crippen molar-refractivity contribution >= 4 is 5.91 Å². The van der Waals surface area contributed by atoms with Crippen LogP contribution in [-0.2, 0) is 4.79 Å². The van der Waals surface area contributed by atoms with Crippen LogP contribution in [0, 0.1) is 11.7 Å². The van der Waals surface area contributed by atoms with Gasteiger partial charge in [0, 0.05) is 24.8 Å². The van der Waals surface area contributed by atoms with Crippen molar-refractivity contribution in [3.63, 3.8) is 0 Å². The van der Waals surface area contributed by atoms with Gasteiger partial charge in [0.25, 0.3) is 0 Å². The highest BCUT2D eigenvalue weighted by Crippen LogP contribution is 2.34. The molecule has 2 aromatic rings. The number of likely N-dealkylation sites (tertiary alicyclic amines) is 1. The first-order valence-electron chi connectivity index (χ1n) is 9.89. The fourth-order valence-electron chi connectivity index (χ4n) is 4.49. The molecule has 1 saturated carbocycles.